The molecule has 0 saturated heterocycles. The maximum Gasteiger partial charge on any atom is 0.0897 e. The summed E-state index contributed by atoms with van der Waals surface area (Å²) in [5.41, 5.74) is 8.71. The molecule has 3 nitrogen and oxygen atoms in total. The Morgan fingerprint density at radius 1 is 1.40 bits per heavy atom. The summed E-state index contributed by atoms with van der Waals surface area (Å²) in [6, 6.07) is 6.08. The van der Waals surface area contributed by atoms with E-state index in [2.05, 4.69) is 19.9 Å². The molecule has 86 valence electrons. The van der Waals surface area contributed by atoms with Crippen LogP contribution in [0, 0.1) is 6.92 Å². The zero-order valence-electron chi connectivity index (χ0n) is 10.1. The van der Waals surface area contributed by atoms with Crippen molar-refractivity contribution in [2.75, 3.05) is 12.8 Å². The fraction of sp³-hybridized carbons (Fsp3) is 0.500. The van der Waals surface area contributed by atoms with E-state index in [1.165, 1.54) is 5.56 Å². The lowest BCUT2D eigenvalue weighted by molar-refractivity contribution is -0.00142. The summed E-state index contributed by atoms with van der Waals surface area (Å²) >= 11 is 0. The number of hydrogen-bond acceptors (Lipinski definition) is 3. The largest absolute Gasteiger partial charge is 0.399 e. The van der Waals surface area contributed by atoms with Gasteiger partial charge in [0.1, 0.15) is 0 Å². The van der Waals surface area contributed by atoms with Crippen molar-refractivity contribution in [3.63, 3.8) is 0 Å². The maximum atomic E-state index is 5.77. The number of rotatable bonds is 3. The molecule has 5 N–H and O–H groups in total. The molecule has 0 radical (unpaired) electrons. The quantitative estimate of drug-likeness (QED) is 0.753. The van der Waals surface area contributed by atoms with Crippen molar-refractivity contribution in [1.29, 1.82) is 0 Å². The van der Waals surface area contributed by atoms with Crippen molar-refractivity contribution >= 4 is 5.69 Å². The van der Waals surface area contributed by atoms with Gasteiger partial charge in [-0.15, -0.1) is 0 Å². The SMILES string of the molecule is CCC(C)(OC)c1ccc(N)c(C)c1.N. The number of ether oxygens (including phenoxy) is 1. The molecule has 1 unspecified atom stereocenters. The molecule has 0 saturated carbocycles. The van der Waals surface area contributed by atoms with Crippen LogP contribution in [0.3, 0.4) is 0 Å². The molecular formula is C12H22N2O. The van der Waals surface area contributed by atoms with Gasteiger partial charge in [0.25, 0.3) is 0 Å². The molecule has 0 bridgehead atoms. The molecule has 0 spiro atoms. The lowest BCUT2D eigenvalue weighted by atomic mass is 9.91. The van der Waals surface area contributed by atoms with E-state index in [1.807, 2.05) is 19.1 Å². The molecule has 0 fully saturated rings. The third kappa shape index (κ3) is 2.70. The number of nitrogens with two attached hydrogens (primary N) is 1. The lowest BCUT2D eigenvalue weighted by Crippen LogP contribution is -2.23. The molecule has 1 atom stereocenters. The highest BCUT2D eigenvalue weighted by atomic mass is 16.5. The summed E-state index contributed by atoms with van der Waals surface area (Å²) < 4.78 is 5.53. The Hall–Kier alpha value is -1.06. The average Bonchev–Trinajstić information content (AvgIpc) is 2.21. The minimum atomic E-state index is -0.196. The van der Waals surface area contributed by atoms with Gasteiger partial charge in [-0.25, -0.2) is 0 Å². The first-order chi connectivity index (χ1) is 6.53. The maximum absolute atomic E-state index is 5.77. The van der Waals surface area contributed by atoms with Crippen LogP contribution in [0.2, 0.25) is 0 Å². The number of aryl methyl sites for hydroxylation is 1. The van der Waals surface area contributed by atoms with Gasteiger partial charge in [0, 0.05) is 12.8 Å². The molecule has 0 aliphatic rings. The van der Waals surface area contributed by atoms with E-state index >= 15 is 0 Å². The van der Waals surface area contributed by atoms with Gasteiger partial charge in [-0.05, 0) is 37.5 Å². The zero-order chi connectivity index (χ0) is 10.8. The van der Waals surface area contributed by atoms with Crippen LogP contribution in [0.5, 0.6) is 0 Å². The van der Waals surface area contributed by atoms with Gasteiger partial charge in [0.05, 0.1) is 5.60 Å². The van der Waals surface area contributed by atoms with Crippen LogP contribution in [0.1, 0.15) is 31.4 Å². The Bertz CT molecular complexity index is 319. The van der Waals surface area contributed by atoms with Crippen molar-refractivity contribution in [2.24, 2.45) is 0 Å². The molecule has 1 aromatic rings. The summed E-state index contributed by atoms with van der Waals surface area (Å²) in [6.07, 6.45) is 0.951. The van der Waals surface area contributed by atoms with Gasteiger partial charge in [0.2, 0.25) is 0 Å². The van der Waals surface area contributed by atoms with Crippen molar-refractivity contribution in [3.05, 3.63) is 29.3 Å². The van der Waals surface area contributed by atoms with Gasteiger partial charge in [-0.2, -0.15) is 0 Å². The molecule has 3 heteroatoms. The first kappa shape index (κ1) is 13.9. The third-order valence-corrected chi connectivity index (χ3v) is 3.01. The number of hydrogen-bond donors (Lipinski definition) is 2. The van der Waals surface area contributed by atoms with Crippen LogP contribution in [0.4, 0.5) is 5.69 Å². The number of methoxy groups -OCH3 is 1. The van der Waals surface area contributed by atoms with Crippen molar-refractivity contribution in [1.82, 2.24) is 6.15 Å². The van der Waals surface area contributed by atoms with E-state index in [0.717, 1.165) is 17.7 Å². The predicted octanol–water partition coefficient (Wildman–Crippen LogP) is 3.01. The van der Waals surface area contributed by atoms with E-state index < -0.39 is 0 Å². The topological polar surface area (TPSA) is 70.2 Å². The highest BCUT2D eigenvalue weighted by molar-refractivity contribution is 5.48. The summed E-state index contributed by atoms with van der Waals surface area (Å²) in [7, 11) is 1.75. The van der Waals surface area contributed by atoms with Crippen LogP contribution in [-0.4, -0.2) is 7.11 Å². The van der Waals surface area contributed by atoms with Gasteiger partial charge in [-0.1, -0.05) is 19.1 Å². The molecule has 0 heterocycles. The molecule has 0 aliphatic carbocycles. The molecular weight excluding hydrogens is 188 g/mol. The fourth-order valence-corrected chi connectivity index (χ4v) is 1.47. The second kappa shape index (κ2) is 5.14. The number of nitrogen functional groups attached to an aromatic ring is 1. The Morgan fingerprint density at radius 2 is 2.00 bits per heavy atom. The Kier molecular flexibility index (Phi) is 4.78. The van der Waals surface area contributed by atoms with Gasteiger partial charge in [-0.3, -0.25) is 0 Å². The molecule has 1 rings (SSSR count). The minimum absolute atomic E-state index is 0. The summed E-state index contributed by atoms with van der Waals surface area (Å²) in [5.74, 6) is 0. The van der Waals surface area contributed by atoms with Gasteiger partial charge >= 0.3 is 0 Å². The first-order valence-electron chi connectivity index (χ1n) is 4.95. The van der Waals surface area contributed by atoms with Crippen LogP contribution in [0.15, 0.2) is 18.2 Å². The van der Waals surface area contributed by atoms with Crippen molar-refractivity contribution in [3.8, 4) is 0 Å². The highest BCUT2D eigenvalue weighted by Crippen LogP contribution is 2.29. The Morgan fingerprint density at radius 3 is 2.40 bits per heavy atom. The minimum Gasteiger partial charge on any atom is -0.399 e. The second-order valence-electron chi connectivity index (χ2n) is 3.86. The molecule has 0 aromatic heterocycles. The molecule has 0 aliphatic heterocycles. The molecule has 15 heavy (non-hydrogen) atoms. The van der Waals surface area contributed by atoms with Crippen LogP contribution >= 0.6 is 0 Å². The Balaban J connectivity index is 0.00000196. The van der Waals surface area contributed by atoms with E-state index in [9.17, 15) is 0 Å². The van der Waals surface area contributed by atoms with Crippen LogP contribution < -0.4 is 11.9 Å². The lowest BCUT2D eigenvalue weighted by Gasteiger charge is -2.27. The third-order valence-electron chi connectivity index (χ3n) is 3.01. The van der Waals surface area contributed by atoms with E-state index in [-0.39, 0.29) is 11.8 Å². The van der Waals surface area contributed by atoms with Crippen LogP contribution in [0.25, 0.3) is 0 Å². The Labute approximate surface area is 92.2 Å². The monoisotopic (exact) mass is 210 g/mol. The van der Waals surface area contributed by atoms with E-state index in [1.54, 1.807) is 7.11 Å². The van der Waals surface area contributed by atoms with Crippen LogP contribution in [-0.2, 0) is 10.3 Å². The number of anilines is 1. The molecule has 0 amide bonds. The average molecular weight is 210 g/mol. The smallest absolute Gasteiger partial charge is 0.0897 e. The second-order valence-corrected chi connectivity index (χ2v) is 3.86. The number of benzene rings is 1. The van der Waals surface area contributed by atoms with Crippen molar-refractivity contribution < 1.29 is 4.74 Å². The molecule has 1 aromatic carbocycles. The predicted molar refractivity (Wildman–Crippen MR) is 65.3 cm³/mol. The van der Waals surface area contributed by atoms with Crippen molar-refractivity contribution in [2.45, 2.75) is 32.8 Å². The standard InChI is InChI=1S/C12H19NO.H3N/c1-5-12(3,14-4)10-6-7-11(13)9(2)8-10;/h6-8H,5,13H2,1-4H3;1H3. The first-order valence-corrected chi connectivity index (χ1v) is 4.95. The summed E-state index contributed by atoms with van der Waals surface area (Å²) in [4.78, 5) is 0. The van der Waals surface area contributed by atoms with E-state index in [0.29, 0.717) is 0 Å². The summed E-state index contributed by atoms with van der Waals surface area (Å²) in [6.45, 7) is 6.23. The van der Waals surface area contributed by atoms with Gasteiger partial charge < -0.3 is 16.6 Å². The fourth-order valence-electron chi connectivity index (χ4n) is 1.47. The summed E-state index contributed by atoms with van der Waals surface area (Å²) in [5, 5.41) is 0. The zero-order valence-corrected chi connectivity index (χ0v) is 10.1. The normalized spacial score (nSPS) is 14.1. The highest BCUT2D eigenvalue weighted by Gasteiger charge is 2.23. The van der Waals surface area contributed by atoms with E-state index in [4.69, 9.17) is 10.5 Å². The van der Waals surface area contributed by atoms with Gasteiger partial charge in [0.15, 0.2) is 0 Å².